The third-order valence-corrected chi connectivity index (χ3v) is 3.27. The van der Waals surface area contributed by atoms with Crippen LogP contribution < -0.4 is 5.32 Å². The minimum absolute atomic E-state index is 0.107. The van der Waals surface area contributed by atoms with Gasteiger partial charge in [-0.3, -0.25) is 4.79 Å². The number of aliphatic hydroxyl groups excluding tert-OH is 5. The number of amides is 1. The molecule has 0 fully saturated rings. The number of hydrogen-bond donors (Lipinski definition) is 6. The van der Waals surface area contributed by atoms with E-state index >= 15 is 0 Å². The highest BCUT2D eigenvalue weighted by Crippen LogP contribution is 2.08. The number of hydrogen-bond acceptors (Lipinski definition) is 6. The van der Waals surface area contributed by atoms with Gasteiger partial charge in [0.1, 0.15) is 18.3 Å². The molecule has 0 rings (SSSR count). The maximum atomic E-state index is 11.8. The van der Waals surface area contributed by atoms with Gasteiger partial charge in [-0.1, -0.05) is 26.7 Å². The third kappa shape index (κ3) is 6.15. The average molecular weight is 293 g/mol. The van der Waals surface area contributed by atoms with Crippen LogP contribution in [0, 0.1) is 0 Å². The molecular formula is C13H27NO6. The molecule has 0 bridgehead atoms. The van der Waals surface area contributed by atoms with Crippen LogP contribution in [0.15, 0.2) is 0 Å². The molecule has 0 aromatic carbocycles. The van der Waals surface area contributed by atoms with Crippen molar-refractivity contribution in [2.24, 2.45) is 0 Å². The minimum Gasteiger partial charge on any atom is -0.394 e. The second kappa shape index (κ2) is 10.1. The Bertz CT molecular complexity index is 276. The Morgan fingerprint density at radius 1 is 1.10 bits per heavy atom. The van der Waals surface area contributed by atoms with Gasteiger partial charge in [0.05, 0.1) is 6.61 Å². The van der Waals surface area contributed by atoms with Crippen molar-refractivity contribution in [3.63, 3.8) is 0 Å². The van der Waals surface area contributed by atoms with Crippen molar-refractivity contribution in [3.8, 4) is 0 Å². The van der Waals surface area contributed by atoms with E-state index in [1.807, 2.05) is 13.8 Å². The van der Waals surface area contributed by atoms with Crippen molar-refractivity contribution in [1.29, 1.82) is 0 Å². The summed E-state index contributed by atoms with van der Waals surface area (Å²) >= 11 is 0. The fourth-order valence-corrected chi connectivity index (χ4v) is 1.79. The Kier molecular flexibility index (Phi) is 9.70. The molecule has 120 valence electrons. The van der Waals surface area contributed by atoms with Crippen LogP contribution in [0.2, 0.25) is 0 Å². The van der Waals surface area contributed by atoms with E-state index in [1.165, 1.54) is 0 Å². The summed E-state index contributed by atoms with van der Waals surface area (Å²) in [5.74, 6) is -0.801. The zero-order valence-corrected chi connectivity index (χ0v) is 12.1. The normalized spacial score (nSPS) is 18.9. The monoisotopic (exact) mass is 293 g/mol. The van der Waals surface area contributed by atoms with Crippen molar-refractivity contribution >= 4 is 5.91 Å². The van der Waals surface area contributed by atoms with Gasteiger partial charge < -0.3 is 30.8 Å². The summed E-state index contributed by atoms with van der Waals surface area (Å²) < 4.78 is 0. The van der Waals surface area contributed by atoms with Gasteiger partial charge in [0.15, 0.2) is 6.10 Å². The highest BCUT2D eigenvalue weighted by Gasteiger charge is 2.34. The zero-order valence-electron chi connectivity index (χ0n) is 12.1. The molecule has 0 radical (unpaired) electrons. The number of carbonyl (C=O) groups excluding carboxylic acids is 1. The Morgan fingerprint density at radius 2 is 1.70 bits per heavy atom. The van der Waals surface area contributed by atoms with Gasteiger partial charge in [-0.05, 0) is 12.8 Å². The zero-order chi connectivity index (χ0) is 15.7. The van der Waals surface area contributed by atoms with E-state index in [0.717, 1.165) is 19.3 Å². The van der Waals surface area contributed by atoms with Crippen molar-refractivity contribution in [1.82, 2.24) is 5.32 Å². The largest absolute Gasteiger partial charge is 0.394 e. The first-order valence-electron chi connectivity index (χ1n) is 7.02. The highest BCUT2D eigenvalue weighted by molar-refractivity contribution is 5.81. The van der Waals surface area contributed by atoms with Crippen molar-refractivity contribution < 1.29 is 30.3 Å². The van der Waals surface area contributed by atoms with Gasteiger partial charge in [0, 0.05) is 6.04 Å². The number of aliphatic hydroxyl groups is 5. The van der Waals surface area contributed by atoms with E-state index in [9.17, 15) is 20.1 Å². The maximum Gasteiger partial charge on any atom is 0.251 e. The molecule has 5 atom stereocenters. The lowest BCUT2D eigenvalue weighted by atomic mass is 10.0. The molecule has 0 aromatic rings. The van der Waals surface area contributed by atoms with Crippen molar-refractivity contribution in [2.75, 3.05) is 6.61 Å². The first kappa shape index (κ1) is 19.3. The molecule has 1 unspecified atom stereocenters. The molecule has 7 nitrogen and oxygen atoms in total. The van der Waals surface area contributed by atoms with Crippen LogP contribution in [0.3, 0.4) is 0 Å². The first-order chi connectivity index (χ1) is 9.38. The summed E-state index contributed by atoms with van der Waals surface area (Å²) in [6.07, 6.45) is -3.75. The molecule has 7 heteroatoms. The molecule has 0 aliphatic carbocycles. The molecule has 20 heavy (non-hydrogen) atoms. The molecule has 0 heterocycles. The molecule has 0 aliphatic heterocycles. The van der Waals surface area contributed by atoms with E-state index in [-0.39, 0.29) is 6.04 Å². The van der Waals surface area contributed by atoms with E-state index < -0.39 is 36.9 Å². The summed E-state index contributed by atoms with van der Waals surface area (Å²) in [5.41, 5.74) is 0. The van der Waals surface area contributed by atoms with E-state index in [0.29, 0.717) is 6.42 Å². The topological polar surface area (TPSA) is 130 Å². The average Bonchev–Trinajstić information content (AvgIpc) is 2.47. The molecule has 6 N–H and O–H groups in total. The smallest absolute Gasteiger partial charge is 0.251 e. The second-order valence-electron chi connectivity index (χ2n) is 4.93. The highest BCUT2D eigenvalue weighted by atomic mass is 16.4. The van der Waals surface area contributed by atoms with Crippen LogP contribution in [0.1, 0.15) is 39.5 Å². The van der Waals surface area contributed by atoms with Gasteiger partial charge in [0.2, 0.25) is 0 Å². The van der Waals surface area contributed by atoms with Gasteiger partial charge in [-0.15, -0.1) is 0 Å². The second-order valence-corrected chi connectivity index (χ2v) is 4.93. The fraction of sp³-hybridized carbons (Fsp3) is 0.923. The lowest BCUT2D eigenvalue weighted by molar-refractivity contribution is -0.149. The number of unbranched alkanes of at least 4 members (excludes halogenated alkanes) is 1. The SMILES string of the molecule is CCCCC(CC)NC(=O)[C@H](O)[C@@H](O)[C@H](O)[C@H](O)CO. The number of carbonyl (C=O) groups is 1. The molecule has 0 aromatic heterocycles. The van der Waals surface area contributed by atoms with Crippen LogP contribution in [-0.4, -0.2) is 68.5 Å². The molecule has 0 saturated heterocycles. The molecule has 0 aliphatic rings. The lowest BCUT2D eigenvalue weighted by Gasteiger charge is -2.26. The maximum absolute atomic E-state index is 11.8. The van der Waals surface area contributed by atoms with Crippen molar-refractivity contribution in [2.45, 2.75) is 70.0 Å². The van der Waals surface area contributed by atoms with Gasteiger partial charge in [-0.2, -0.15) is 0 Å². The Morgan fingerprint density at radius 3 is 2.15 bits per heavy atom. The summed E-state index contributed by atoms with van der Waals surface area (Å²) in [7, 11) is 0. The number of rotatable bonds is 10. The summed E-state index contributed by atoms with van der Waals surface area (Å²) in [6, 6.07) is -0.107. The Balaban J connectivity index is 4.44. The van der Waals surface area contributed by atoms with Crippen LogP contribution >= 0.6 is 0 Å². The Labute approximate surface area is 119 Å². The van der Waals surface area contributed by atoms with E-state index in [2.05, 4.69) is 5.32 Å². The van der Waals surface area contributed by atoms with Crippen LogP contribution in [0.5, 0.6) is 0 Å². The van der Waals surface area contributed by atoms with Crippen LogP contribution in [-0.2, 0) is 4.79 Å². The quantitative estimate of drug-likeness (QED) is 0.291. The minimum atomic E-state index is -1.86. The van der Waals surface area contributed by atoms with E-state index in [1.54, 1.807) is 0 Å². The lowest BCUT2D eigenvalue weighted by Crippen LogP contribution is -2.53. The molecule has 0 saturated carbocycles. The van der Waals surface area contributed by atoms with Gasteiger partial charge in [0.25, 0.3) is 5.91 Å². The van der Waals surface area contributed by atoms with E-state index in [4.69, 9.17) is 10.2 Å². The third-order valence-electron chi connectivity index (χ3n) is 3.27. The standard InChI is InChI=1S/C13H27NO6/c1-3-5-6-8(4-2)14-13(20)12(19)11(18)10(17)9(16)7-15/h8-12,15-19H,3-7H2,1-2H3,(H,14,20)/t8?,9-,10-,11+,12-/m1/s1. The molecule has 1 amide bonds. The van der Waals surface area contributed by atoms with Crippen LogP contribution in [0.4, 0.5) is 0 Å². The van der Waals surface area contributed by atoms with Crippen LogP contribution in [0.25, 0.3) is 0 Å². The van der Waals surface area contributed by atoms with Gasteiger partial charge in [-0.25, -0.2) is 0 Å². The van der Waals surface area contributed by atoms with Crippen molar-refractivity contribution in [3.05, 3.63) is 0 Å². The fourth-order valence-electron chi connectivity index (χ4n) is 1.79. The Hall–Kier alpha value is -0.730. The molecular weight excluding hydrogens is 266 g/mol. The summed E-state index contributed by atoms with van der Waals surface area (Å²) in [6.45, 7) is 3.15. The molecule has 0 spiro atoms. The summed E-state index contributed by atoms with van der Waals surface area (Å²) in [5, 5.41) is 49.1. The first-order valence-corrected chi connectivity index (χ1v) is 7.02. The summed E-state index contributed by atoms with van der Waals surface area (Å²) in [4.78, 5) is 11.8. The predicted octanol–water partition coefficient (Wildman–Crippen LogP) is -1.49. The predicted molar refractivity (Wildman–Crippen MR) is 72.9 cm³/mol. The van der Waals surface area contributed by atoms with Gasteiger partial charge >= 0.3 is 0 Å². The number of nitrogens with one attached hydrogen (secondary N) is 1.